The molecule has 0 radical (unpaired) electrons. The van der Waals surface area contributed by atoms with Gasteiger partial charge in [-0.15, -0.1) is 11.3 Å². The molecule has 0 aliphatic rings. The molecule has 8 heteroatoms. The second-order valence-electron chi connectivity index (χ2n) is 6.63. The van der Waals surface area contributed by atoms with Gasteiger partial charge in [-0.25, -0.2) is 9.97 Å². The van der Waals surface area contributed by atoms with E-state index in [0.29, 0.717) is 18.2 Å². The molecule has 0 saturated carbocycles. The highest BCUT2D eigenvalue weighted by atomic mass is 32.1. The number of carbonyl (C=O) groups excluding carboxylic acids is 1. The van der Waals surface area contributed by atoms with Crippen LogP contribution in [0.1, 0.15) is 39.6 Å². The number of rotatable bonds is 6. The molecule has 4 heterocycles. The van der Waals surface area contributed by atoms with Crippen molar-refractivity contribution in [3.63, 3.8) is 0 Å². The number of aryl methyl sites for hydroxylation is 1. The first kappa shape index (κ1) is 18.9. The fourth-order valence-electron chi connectivity index (χ4n) is 2.94. The molecule has 146 valence electrons. The van der Waals surface area contributed by atoms with Gasteiger partial charge in [0.2, 0.25) is 5.95 Å². The molecular formula is C21H20N6OS. The molecule has 29 heavy (non-hydrogen) atoms. The zero-order valence-corrected chi connectivity index (χ0v) is 16.9. The highest BCUT2D eigenvalue weighted by Crippen LogP contribution is 2.28. The summed E-state index contributed by atoms with van der Waals surface area (Å²) in [7, 11) is 0. The zero-order valence-electron chi connectivity index (χ0n) is 16.1. The number of nitrogens with zero attached hydrogens (tertiary/aromatic N) is 4. The molecule has 0 saturated heterocycles. The number of aromatic nitrogens is 4. The number of anilines is 1. The smallest absolute Gasteiger partial charge is 0.271 e. The SMILES string of the molecule is Cc1cc2nc(N[C@@H](C)c3ccccn3)nc(C(=O)NCc3cccnc3)c2s1. The minimum atomic E-state index is -0.239. The summed E-state index contributed by atoms with van der Waals surface area (Å²) in [6.07, 6.45) is 5.18. The van der Waals surface area contributed by atoms with Gasteiger partial charge in [-0.2, -0.15) is 0 Å². The summed E-state index contributed by atoms with van der Waals surface area (Å²) in [6, 6.07) is 11.4. The van der Waals surface area contributed by atoms with E-state index in [9.17, 15) is 4.79 Å². The fourth-order valence-corrected chi connectivity index (χ4v) is 3.87. The first-order valence-electron chi connectivity index (χ1n) is 9.23. The molecule has 4 rings (SSSR count). The third kappa shape index (κ3) is 4.38. The summed E-state index contributed by atoms with van der Waals surface area (Å²) >= 11 is 1.51. The van der Waals surface area contributed by atoms with Crippen molar-refractivity contribution < 1.29 is 4.79 Å². The van der Waals surface area contributed by atoms with Gasteiger partial charge in [0.1, 0.15) is 0 Å². The summed E-state index contributed by atoms with van der Waals surface area (Å²) in [5, 5.41) is 6.18. The summed E-state index contributed by atoms with van der Waals surface area (Å²) in [5.41, 5.74) is 2.92. The van der Waals surface area contributed by atoms with E-state index < -0.39 is 0 Å². The van der Waals surface area contributed by atoms with E-state index in [1.54, 1.807) is 18.6 Å². The Morgan fingerprint density at radius 3 is 2.83 bits per heavy atom. The van der Waals surface area contributed by atoms with E-state index in [1.807, 2.05) is 50.2 Å². The molecule has 0 aromatic carbocycles. The Balaban J connectivity index is 1.61. The van der Waals surface area contributed by atoms with Crippen molar-refractivity contribution in [2.45, 2.75) is 26.4 Å². The van der Waals surface area contributed by atoms with E-state index >= 15 is 0 Å². The number of nitrogens with one attached hydrogen (secondary N) is 2. The maximum atomic E-state index is 12.9. The number of carbonyl (C=O) groups is 1. The maximum absolute atomic E-state index is 12.9. The van der Waals surface area contributed by atoms with Gasteiger partial charge in [0.15, 0.2) is 5.69 Å². The molecule has 0 aliphatic carbocycles. The Morgan fingerprint density at radius 2 is 2.07 bits per heavy atom. The predicted octanol–water partition coefficient (Wildman–Crippen LogP) is 3.89. The van der Waals surface area contributed by atoms with Crippen LogP contribution in [-0.4, -0.2) is 25.8 Å². The first-order valence-corrected chi connectivity index (χ1v) is 10.0. The molecule has 0 aliphatic heterocycles. The van der Waals surface area contributed by atoms with Crippen molar-refractivity contribution in [1.29, 1.82) is 0 Å². The van der Waals surface area contributed by atoms with Crippen molar-refractivity contribution in [3.8, 4) is 0 Å². The standard InChI is InChI=1S/C21H20N6OS/c1-13-10-17-19(29-13)18(20(28)24-12-15-6-5-8-22-11-15)27-21(26-17)25-14(2)16-7-3-4-9-23-16/h3-11,14H,12H2,1-2H3,(H,24,28)(H,25,26,27)/t14-/m0/s1. The van der Waals surface area contributed by atoms with Crippen LogP contribution in [0, 0.1) is 6.92 Å². The summed E-state index contributed by atoms with van der Waals surface area (Å²) in [5.74, 6) is 0.164. The minimum absolute atomic E-state index is 0.0975. The lowest BCUT2D eigenvalue weighted by Gasteiger charge is -2.14. The molecule has 1 amide bonds. The molecule has 0 unspecified atom stereocenters. The third-order valence-electron chi connectivity index (χ3n) is 4.36. The van der Waals surface area contributed by atoms with Crippen LogP contribution < -0.4 is 10.6 Å². The largest absolute Gasteiger partial charge is 0.347 e. The monoisotopic (exact) mass is 404 g/mol. The number of hydrogen-bond acceptors (Lipinski definition) is 7. The van der Waals surface area contributed by atoms with Gasteiger partial charge in [-0.05, 0) is 43.7 Å². The van der Waals surface area contributed by atoms with Gasteiger partial charge in [0, 0.05) is 30.0 Å². The fraction of sp³-hybridized carbons (Fsp3) is 0.190. The normalized spacial score (nSPS) is 11.9. The van der Waals surface area contributed by atoms with Gasteiger partial charge in [-0.1, -0.05) is 12.1 Å². The Kier molecular flexibility index (Phi) is 5.44. The number of fused-ring (bicyclic) bond motifs is 1. The number of thiophene rings is 1. The van der Waals surface area contributed by atoms with Gasteiger partial charge in [0.05, 0.1) is 22.0 Å². The van der Waals surface area contributed by atoms with E-state index in [4.69, 9.17) is 0 Å². The highest BCUT2D eigenvalue weighted by Gasteiger charge is 2.18. The van der Waals surface area contributed by atoms with Crippen molar-refractivity contribution in [2.24, 2.45) is 0 Å². The molecule has 1 atom stereocenters. The molecule has 0 bridgehead atoms. The van der Waals surface area contributed by atoms with Crippen molar-refractivity contribution >= 4 is 33.4 Å². The van der Waals surface area contributed by atoms with Gasteiger partial charge in [0.25, 0.3) is 5.91 Å². The highest BCUT2D eigenvalue weighted by molar-refractivity contribution is 7.19. The van der Waals surface area contributed by atoms with Gasteiger partial charge in [-0.3, -0.25) is 14.8 Å². The van der Waals surface area contributed by atoms with Crippen LogP contribution in [-0.2, 0) is 6.54 Å². The van der Waals surface area contributed by atoms with E-state index in [1.165, 1.54) is 11.3 Å². The van der Waals surface area contributed by atoms with Crippen molar-refractivity contribution in [1.82, 2.24) is 25.3 Å². The summed E-state index contributed by atoms with van der Waals surface area (Å²) in [6.45, 7) is 4.36. The molecule has 4 aromatic rings. The Labute approximate surface area is 172 Å². The molecule has 0 spiro atoms. The average Bonchev–Trinajstić information content (AvgIpc) is 3.12. The molecular weight excluding hydrogens is 384 g/mol. The topological polar surface area (TPSA) is 92.7 Å². The molecule has 4 aromatic heterocycles. The maximum Gasteiger partial charge on any atom is 0.271 e. The van der Waals surface area contributed by atoms with Crippen molar-refractivity contribution in [2.75, 3.05) is 5.32 Å². The van der Waals surface area contributed by atoms with Crippen LogP contribution in [0.3, 0.4) is 0 Å². The second kappa shape index (κ2) is 8.32. The van der Waals surface area contributed by atoms with Gasteiger partial charge < -0.3 is 10.6 Å². The van der Waals surface area contributed by atoms with Crippen LogP contribution in [0.25, 0.3) is 10.2 Å². The minimum Gasteiger partial charge on any atom is -0.347 e. The number of pyridine rings is 2. The van der Waals surface area contributed by atoms with E-state index in [2.05, 4.69) is 30.6 Å². The average molecular weight is 404 g/mol. The van der Waals surface area contributed by atoms with Crippen molar-refractivity contribution in [3.05, 3.63) is 76.8 Å². The third-order valence-corrected chi connectivity index (χ3v) is 5.41. The summed E-state index contributed by atoms with van der Waals surface area (Å²) in [4.78, 5) is 31.5. The van der Waals surface area contributed by atoms with Crippen LogP contribution in [0.4, 0.5) is 5.95 Å². The van der Waals surface area contributed by atoms with E-state index in [-0.39, 0.29) is 11.9 Å². The first-order chi connectivity index (χ1) is 14.1. The Bertz CT molecular complexity index is 1130. The summed E-state index contributed by atoms with van der Waals surface area (Å²) < 4.78 is 0.780. The van der Waals surface area contributed by atoms with Crippen LogP contribution in [0.5, 0.6) is 0 Å². The lowest BCUT2D eigenvalue weighted by molar-refractivity contribution is 0.0948. The quantitative estimate of drug-likeness (QED) is 0.506. The zero-order chi connectivity index (χ0) is 20.2. The lowest BCUT2D eigenvalue weighted by atomic mass is 10.2. The number of hydrogen-bond donors (Lipinski definition) is 2. The number of amides is 1. The molecule has 2 N–H and O–H groups in total. The second-order valence-corrected chi connectivity index (χ2v) is 7.89. The van der Waals surface area contributed by atoms with Crippen LogP contribution in [0.2, 0.25) is 0 Å². The predicted molar refractivity (Wildman–Crippen MR) is 114 cm³/mol. The molecule has 0 fully saturated rings. The van der Waals surface area contributed by atoms with E-state index in [0.717, 1.165) is 26.4 Å². The van der Waals surface area contributed by atoms with Crippen LogP contribution in [0.15, 0.2) is 55.0 Å². The Hall–Kier alpha value is -3.39. The lowest BCUT2D eigenvalue weighted by Crippen LogP contribution is -2.24. The molecule has 7 nitrogen and oxygen atoms in total. The Morgan fingerprint density at radius 1 is 1.17 bits per heavy atom. The van der Waals surface area contributed by atoms with Gasteiger partial charge >= 0.3 is 0 Å². The van der Waals surface area contributed by atoms with Crippen LogP contribution >= 0.6 is 11.3 Å².